The summed E-state index contributed by atoms with van der Waals surface area (Å²) in [4.78, 5) is 0. The second-order valence-corrected chi connectivity index (χ2v) is 13.9. The van der Waals surface area contributed by atoms with Crippen LogP contribution in [0, 0.1) is 5.92 Å². The molecule has 5 aromatic rings. The molecule has 0 saturated heterocycles. The fourth-order valence-electron chi connectivity index (χ4n) is 4.95. The summed E-state index contributed by atoms with van der Waals surface area (Å²) in [6.07, 6.45) is 4.16. The zero-order valence-electron chi connectivity index (χ0n) is 21.4. The molecule has 0 spiro atoms. The van der Waals surface area contributed by atoms with Crippen molar-refractivity contribution in [2.24, 2.45) is 5.92 Å². The third-order valence-corrected chi connectivity index (χ3v) is 11.7. The lowest BCUT2D eigenvalue weighted by atomic mass is 10.0. The van der Waals surface area contributed by atoms with Crippen LogP contribution in [0.1, 0.15) is 18.9 Å². The van der Waals surface area contributed by atoms with Gasteiger partial charge in [0.25, 0.3) is 0 Å². The number of rotatable bonds is 10. The van der Waals surface area contributed by atoms with Crippen molar-refractivity contribution >= 4 is 47.7 Å². The van der Waals surface area contributed by atoms with Crippen LogP contribution >= 0.6 is 15.8 Å². The molecule has 2 heteroatoms. The molecule has 0 radical (unpaired) electrons. The van der Waals surface area contributed by atoms with Crippen molar-refractivity contribution in [3.05, 3.63) is 152 Å². The van der Waals surface area contributed by atoms with Crippen LogP contribution in [0.4, 0.5) is 0 Å². The predicted molar refractivity (Wildman–Crippen MR) is 167 cm³/mol. The van der Waals surface area contributed by atoms with Crippen molar-refractivity contribution in [2.45, 2.75) is 19.8 Å². The van der Waals surface area contributed by atoms with Gasteiger partial charge < -0.3 is 0 Å². The lowest BCUT2D eigenvalue weighted by Crippen LogP contribution is -2.32. The smallest absolute Gasteiger partial charge is 0.0278 e. The van der Waals surface area contributed by atoms with Crippen molar-refractivity contribution in [3.63, 3.8) is 0 Å². The van der Waals surface area contributed by atoms with Gasteiger partial charge in [-0.05, 0) is 33.6 Å². The molecule has 5 aromatic carbocycles. The van der Waals surface area contributed by atoms with E-state index in [4.69, 9.17) is 0 Å². The molecule has 0 aromatic heterocycles. The molecule has 0 amide bonds. The Labute approximate surface area is 224 Å². The van der Waals surface area contributed by atoms with E-state index in [-0.39, 0.29) is 0 Å². The van der Waals surface area contributed by atoms with Crippen LogP contribution in [0.5, 0.6) is 0 Å². The van der Waals surface area contributed by atoms with E-state index < -0.39 is 15.8 Å². The van der Waals surface area contributed by atoms with E-state index in [1.54, 1.807) is 0 Å². The molecule has 1 atom stereocenters. The normalized spacial score (nSPS) is 12.1. The summed E-state index contributed by atoms with van der Waals surface area (Å²) < 4.78 is 0. The standard InChI is InChI=1S/C35H33P2/c1-3-16-28(2)25-29-26-34(36(30-17-8-4-9-18-30)31-19-10-5-11-20-31)35(27-29)37(32-21-12-6-13-22-32)33-23-14-7-15-24-33/h3-15,17-24,26-28H,1,16,25H2,2H3/q-1. The van der Waals surface area contributed by atoms with Gasteiger partial charge in [0.1, 0.15) is 0 Å². The molecule has 0 bridgehead atoms. The van der Waals surface area contributed by atoms with Crippen molar-refractivity contribution < 1.29 is 0 Å². The highest BCUT2D eigenvalue weighted by Crippen LogP contribution is 2.40. The minimum atomic E-state index is -0.696. The van der Waals surface area contributed by atoms with E-state index in [9.17, 15) is 0 Å². The topological polar surface area (TPSA) is 0 Å². The molecule has 5 rings (SSSR count). The minimum absolute atomic E-state index is 0.569. The molecular formula is C35H33P2-. The molecule has 0 aliphatic carbocycles. The van der Waals surface area contributed by atoms with Crippen molar-refractivity contribution in [3.8, 4) is 0 Å². The largest absolute Gasteiger partial charge is 0.172 e. The molecule has 0 fully saturated rings. The Balaban J connectivity index is 1.74. The summed E-state index contributed by atoms with van der Waals surface area (Å²) in [5.74, 6) is 0.569. The Morgan fingerprint density at radius 3 is 1.22 bits per heavy atom. The van der Waals surface area contributed by atoms with Gasteiger partial charge in [-0.15, -0.1) is 6.58 Å². The van der Waals surface area contributed by atoms with Crippen molar-refractivity contribution in [1.29, 1.82) is 0 Å². The summed E-state index contributed by atoms with van der Waals surface area (Å²) in [6, 6.07) is 49.5. The van der Waals surface area contributed by atoms with Crippen LogP contribution in [0.2, 0.25) is 0 Å². The summed E-state index contributed by atoms with van der Waals surface area (Å²) in [5.41, 5.74) is 1.44. The Morgan fingerprint density at radius 2 is 0.919 bits per heavy atom. The minimum Gasteiger partial charge on any atom is -0.172 e. The molecule has 37 heavy (non-hydrogen) atoms. The van der Waals surface area contributed by atoms with Gasteiger partial charge in [-0.2, -0.15) is 28.3 Å². The van der Waals surface area contributed by atoms with Gasteiger partial charge in [0.15, 0.2) is 0 Å². The van der Waals surface area contributed by atoms with E-state index in [1.165, 1.54) is 37.4 Å². The van der Waals surface area contributed by atoms with Crippen LogP contribution < -0.4 is 31.8 Å². The second-order valence-electron chi connectivity index (χ2n) is 9.48. The van der Waals surface area contributed by atoms with Gasteiger partial charge >= 0.3 is 0 Å². The van der Waals surface area contributed by atoms with E-state index in [1.807, 2.05) is 0 Å². The molecule has 0 aliphatic rings. The third kappa shape index (κ3) is 6.05. The van der Waals surface area contributed by atoms with Crippen LogP contribution in [0.25, 0.3) is 0 Å². The lowest BCUT2D eigenvalue weighted by Gasteiger charge is -2.32. The van der Waals surface area contributed by atoms with E-state index in [0.717, 1.165) is 12.8 Å². The van der Waals surface area contributed by atoms with Crippen LogP contribution in [0.15, 0.2) is 146 Å². The quantitative estimate of drug-likeness (QED) is 0.111. The monoisotopic (exact) mass is 515 g/mol. The molecule has 184 valence electrons. The van der Waals surface area contributed by atoms with Crippen LogP contribution in [-0.4, -0.2) is 0 Å². The van der Waals surface area contributed by atoms with Crippen LogP contribution in [-0.2, 0) is 6.42 Å². The van der Waals surface area contributed by atoms with Gasteiger partial charge in [0.05, 0.1) is 0 Å². The van der Waals surface area contributed by atoms with E-state index in [2.05, 4.69) is 153 Å². The first kappa shape index (κ1) is 25.5. The zero-order valence-corrected chi connectivity index (χ0v) is 23.2. The zero-order chi connectivity index (χ0) is 25.5. The van der Waals surface area contributed by atoms with Gasteiger partial charge in [-0.3, -0.25) is 0 Å². The summed E-state index contributed by atoms with van der Waals surface area (Å²) in [6.45, 7) is 6.32. The maximum absolute atomic E-state index is 3.99. The molecule has 0 aliphatic heterocycles. The van der Waals surface area contributed by atoms with Gasteiger partial charge in [-0.1, -0.05) is 157 Å². The first-order valence-electron chi connectivity index (χ1n) is 13.0. The van der Waals surface area contributed by atoms with Gasteiger partial charge in [-0.25, -0.2) is 0 Å². The SMILES string of the molecule is C=CCC(C)C[c-]1cc(P(c2ccccc2)c2ccccc2)c(P(c2ccccc2)c2ccccc2)c1. The average molecular weight is 516 g/mol. The fraction of sp³-hybridized carbons (Fsp3) is 0.114. The summed E-state index contributed by atoms with van der Waals surface area (Å²) in [5, 5.41) is 8.59. The highest BCUT2D eigenvalue weighted by Gasteiger charge is 2.20. The summed E-state index contributed by atoms with van der Waals surface area (Å²) >= 11 is 0. The van der Waals surface area contributed by atoms with Crippen molar-refractivity contribution in [1.82, 2.24) is 0 Å². The second kappa shape index (κ2) is 12.4. The van der Waals surface area contributed by atoms with Crippen molar-refractivity contribution in [2.75, 3.05) is 0 Å². The number of hydrogen-bond donors (Lipinski definition) is 0. The number of allylic oxidation sites excluding steroid dienone is 1. The summed E-state index contributed by atoms with van der Waals surface area (Å²) in [7, 11) is -1.39. The van der Waals surface area contributed by atoms with Gasteiger partial charge in [0, 0.05) is 0 Å². The number of hydrogen-bond acceptors (Lipinski definition) is 0. The first-order valence-corrected chi connectivity index (χ1v) is 15.6. The fourth-order valence-corrected chi connectivity index (χ4v) is 10.3. The maximum Gasteiger partial charge on any atom is -0.0278 e. The highest BCUT2D eigenvalue weighted by atomic mass is 31.1. The maximum atomic E-state index is 3.99. The first-order chi connectivity index (χ1) is 18.2. The Kier molecular flexibility index (Phi) is 8.53. The van der Waals surface area contributed by atoms with Gasteiger partial charge in [0.2, 0.25) is 0 Å². The lowest BCUT2D eigenvalue weighted by molar-refractivity contribution is 0.591. The predicted octanol–water partition coefficient (Wildman–Crippen LogP) is 6.68. The highest BCUT2D eigenvalue weighted by molar-refractivity contribution is 7.85. The molecule has 1 unspecified atom stereocenters. The van der Waals surface area contributed by atoms with E-state index in [0.29, 0.717) is 5.92 Å². The molecule has 0 nitrogen and oxygen atoms in total. The number of benzene rings is 4. The third-order valence-electron chi connectivity index (χ3n) is 6.60. The molecule has 0 saturated carbocycles. The molecule has 0 N–H and O–H groups in total. The Hall–Kier alpha value is -3.17. The Bertz CT molecular complexity index is 1210. The average Bonchev–Trinajstić information content (AvgIpc) is 3.33. The Morgan fingerprint density at radius 1 is 0.595 bits per heavy atom. The van der Waals surface area contributed by atoms with E-state index >= 15 is 0 Å². The molecular weight excluding hydrogens is 482 g/mol. The van der Waals surface area contributed by atoms with Crippen LogP contribution in [0.3, 0.4) is 0 Å². The molecule has 0 heterocycles.